The molecular formula is C22H22N2O2. The lowest BCUT2D eigenvalue weighted by atomic mass is 9.81. The smallest absolute Gasteiger partial charge is 0.224 e. The lowest BCUT2D eigenvalue weighted by Gasteiger charge is -2.34. The van der Waals surface area contributed by atoms with E-state index in [9.17, 15) is 9.59 Å². The van der Waals surface area contributed by atoms with E-state index in [4.69, 9.17) is 0 Å². The fraction of sp³-hybridized carbons (Fsp3) is 0.273. The summed E-state index contributed by atoms with van der Waals surface area (Å²) in [5, 5.41) is 3.47. The number of fused-ring (bicyclic) bond motifs is 1. The lowest BCUT2D eigenvalue weighted by molar-refractivity contribution is -0.117. The van der Waals surface area contributed by atoms with E-state index in [0.717, 1.165) is 34.6 Å². The SMILES string of the molecule is CC(=O)N1c2ccccc2NC2=C(C(=O)C[C@H](C)C2)[C@@H]1c1ccccc1. The van der Waals surface area contributed by atoms with Crippen molar-refractivity contribution in [2.75, 3.05) is 10.2 Å². The number of benzene rings is 2. The molecule has 0 bridgehead atoms. The largest absolute Gasteiger partial charge is 0.357 e. The van der Waals surface area contributed by atoms with Crippen molar-refractivity contribution in [1.29, 1.82) is 0 Å². The molecule has 2 aromatic carbocycles. The molecule has 4 heteroatoms. The average molecular weight is 346 g/mol. The number of amides is 1. The molecule has 4 nitrogen and oxygen atoms in total. The van der Waals surface area contributed by atoms with Crippen LogP contribution < -0.4 is 10.2 Å². The zero-order valence-corrected chi connectivity index (χ0v) is 15.0. The Hall–Kier alpha value is -2.88. The van der Waals surface area contributed by atoms with Crippen molar-refractivity contribution in [2.24, 2.45) is 5.92 Å². The molecule has 0 saturated heterocycles. The van der Waals surface area contributed by atoms with E-state index in [2.05, 4.69) is 12.2 Å². The Morgan fingerprint density at radius 2 is 1.73 bits per heavy atom. The van der Waals surface area contributed by atoms with Gasteiger partial charge in [0.15, 0.2) is 5.78 Å². The highest BCUT2D eigenvalue weighted by Gasteiger charge is 2.39. The van der Waals surface area contributed by atoms with Gasteiger partial charge in [0.1, 0.15) is 0 Å². The third-order valence-corrected chi connectivity index (χ3v) is 5.15. The van der Waals surface area contributed by atoms with Gasteiger partial charge < -0.3 is 5.32 Å². The zero-order chi connectivity index (χ0) is 18.3. The normalized spacial score (nSPS) is 22.2. The first-order valence-corrected chi connectivity index (χ1v) is 9.03. The van der Waals surface area contributed by atoms with Gasteiger partial charge in [-0.1, -0.05) is 49.4 Å². The molecule has 0 fully saturated rings. The van der Waals surface area contributed by atoms with Gasteiger partial charge in [-0.05, 0) is 30.0 Å². The van der Waals surface area contributed by atoms with Crippen molar-refractivity contribution < 1.29 is 9.59 Å². The summed E-state index contributed by atoms with van der Waals surface area (Å²) in [7, 11) is 0. The first-order chi connectivity index (χ1) is 12.6. The Morgan fingerprint density at radius 1 is 1.04 bits per heavy atom. The van der Waals surface area contributed by atoms with Crippen LogP contribution in [-0.4, -0.2) is 11.7 Å². The lowest BCUT2D eigenvalue weighted by Crippen LogP contribution is -2.37. The monoisotopic (exact) mass is 346 g/mol. The van der Waals surface area contributed by atoms with Crippen molar-refractivity contribution in [3.63, 3.8) is 0 Å². The van der Waals surface area contributed by atoms with Gasteiger partial charge in [-0.25, -0.2) is 0 Å². The van der Waals surface area contributed by atoms with E-state index >= 15 is 0 Å². The average Bonchev–Trinajstić information content (AvgIpc) is 2.76. The fourth-order valence-electron chi connectivity index (χ4n) is 4.08. The number of hydrogen-bond acceptors (Lipinski definition) is 3. The number of carbonyl (C=O) groups is 2. The molecule has 0 radical (unpaired) electrons. The second-order valence-corrected chi connectivity index (χ2v) is 7.17. The Labute approximate surface area is 153 Å². The second-order valence-electron chi connectivity index (χ2n) is 7.17. The van der Waals surface area contributed by atoms with Gasteiger partial charge in [-0.2, -0.15) is 0 Å². The Balaban J connectivity index is 2.00. The van der Waals surface area contributed by atoms with Crippen LogP contribution in [0.25, 0.3) is 0 Å². The number of ketones is 1. The number of anilines is 2. The number of rotatable bonds is 1. The molecule has 1 aliphatic carbocycles. The second kappa shape index (κ2) is 6.45. The van der Waals surface area contributed by atoms with Gasteiger partial charge in [0.05, 0.1) is 17.4 Å². The molecule has 1 aliphatic heterocycles. The van der Waals surface area contributed by atoms with Crippen LogP contribution in [0, 0.1) is 5.92 Å². The highest BCUT2D eigenvalue weighted by Crippen LogP contribution is 2.45. The summed E-state index contributed by atoms with van der Waals surface area (Å²) in [6.45, 7) is 3.66. The Bertz CT molecular complexity index is 901. The molecule has 2 atom stereocenters. The third kappa shape index (κ3) is 2.71. The number of allylic oxidation sites excluding steroid dienone is 1. The van der Waals surface area contributed by atoms with Gasteiger partial charge in [0, 0.05) is 24.6 Å². The van der Waals surface area contributed by atoms with Crippen LogP contribution in [-0.2, 0) is 9.59 Å². The van der Waals surface area contributed by atoms with E-state index in [0.29, 0.717) is 12.3 Å². The van der Waals surface area contributed by atoms with Crippen LogP contribution in [0.4, 0.5) is 11.4 Å². The number of Topliss-reactive ketones (excluding diaryl/α,β-unsaturated/α-hetero) is 1. The maximum Gasteiger partial charge on any atom is 0.224 e. The first kappa shape index (κ1) is 16.6. The molecule has 132 valence electrons. The summed E-state index contributed by atoms with van der Waals surface area (Å²) in [4.78, 5) is 27.5. The maximum atomic E-state index is 13.1. The summed E-state index contributed by atoms with van der Waals surface area (Å²) < 4.78 is 0. The molecule has 4 rings (SSSR count). The van der Waals surface area contributed by atoms with E-state index in [1.54, 1.807) is 11.8 Å². The minimum absolute atomic E-state index is 0.0757. The fourth-order valence-corrected chi connectivity index (χ4v) is 4.08. The van der Waals surface area contributed by atoms with Crippen molar-refractivity contribution in [3.05, 3.63) is 71.4 Å². The summed E-state index contributed by atoms with van der Waals surface area (Å²) in [6.07, 6.45) is 1.33. The van der Waals surface area contributed by atoms with E-state index in [-0.39, 0.29) is 11.7 Å². The van der Waals surface area contributed by atoms with Gasteiger partial charge in [-0.15, -0.1) is 0 Å². The molecular weight excluding hydrogens is 324 g/mol. The first-order valence-electron chi connectivity index (χ1n) is 9.03. The molecule has 2 aliphatic rings. The van der Waals surface area contributed by atoms with Crippen LogP contribution in [0.15, 0.2) is 65.9 Å². The standard InChI is InChI=1S/C22H22N2O2/c1-14-12-18-21(20(26)13-14)22(16-8-4-3-5-9-16)24(15(2)25)19-11-7-6-10-17(19)23-18/h3-11,14,22-23H,12-13H2,1-2H3/t14-,22+/m1/s1. The molecule has 1 amide bonds. The molecule has 1 heterocycles. The summed E-state index contributed by atoms with van der Waals surface area (Å²) in [5.41, 5.74) is 4.30. The molecule has 2 aromatic rings. The maximum absolute atomic E-state index is 13.1. The minimum atomic E-state index is -0.403. The molecule has 1 N–H and O–H groups in total. The van der Waals surface area contributed by atoms with Crippen molar-refractivity contribution in [3.8, 4) is 0 Å². The Kier molecular flexibility index (Phi) is 4.11. The van der Waals surface area contributed by atoms with Crippen molar-refractivity contribution in [1.82, 2.24) is 0 Å². The topological polar surface area (TPSA) is 49.4 Å². The summed E-state index contributed by atoms with van der Waals surface area (Å²) >= 11 is 0. The number of para-hydroxylation sites is 2. The molecule has 0 unspecified atom stereocenters. The molecule has 0 aromatic heterocycles. The van der Waals surface area contributed by atoms with Crippen molar-refractivity contribution in [2.45, 2.75) is 32.7 Å². The molecule has 0 saturated carbocycles. The number of carbonyl (C=O) groups excluding carboxylic acids is 2. The van der Waals surface area contributed by atoms with Crippen LogP contribution in [0.3, 0.4) is 0 Å². The van der Waals surface area contributed by atoms with Gasteiger partial charge >= 0.3 is 0 Å². The summed E-state index contributed by atoms with van der Waals surface area (Å²) in [6, 6.07) is 17.2. The van der Waals surface area contributed by atoms with Crippen LogP contribution in [0.2, 0.25) is 0 Å². The zero-order valence-electron chi connectivity index (χ0n) is 15.0. The van der Waals surface area contributed by atoms with E-state index < -0.39 is 6.04 Å². The Morgan fingerprint density at radius 3 is 2.46 bits per heavy atom. The van der Waals surface area contributed by atoms with Crippen LogP contribution in [0.5, 0.6) is 0 Å². The molecule has 26 heavy (non-hydrogen) atoms. The predicted molar refractivity (Wildman–Crippen MR) is 103 cm³/mol. The van der Waals surface area contributed by atoms with E-state index in [1.165, 1.54) is 0 Å². The summed E-state index contributed by atoms with van der Waals surface area (Å²) in [5.74, 6) is 0.341. The highest BCUT2D eigenvalue weighted by atomic mass is 16.2. The van der Waals surface area contributed by atoms with E-state index in [1.807, 2.05) is 54.6 Å². The molecule has 0 spiro atoms. The van der Waals surface area contributed by atoms with Crippen LogP contribution >= 0.6 is 0 Å². The highest BCUT2D eigenvalue weighted by molar-refractivity contribution is 6.05. The van der Waals surface area contributed by atoms with Gasteiger partial charge in [-0.3, -0.25) is 14.5 Å². The van der Waals surface area contributed by atoms with Gasteiger partial charge in [0.25, 0.3) is 0 Å². The minimum Gasteiger partial charge on any atom is -0.357 e. The number of nitrogens with zero attached hydrogens (tertiary/aromatic N) is 1. The number of nitrogens with one attached hydrogen (secondary N) is 1. The van der Waals surface area contributed by atoms with Crippen LogP contribution in [0.1, 0.15) is 38.3 Å². The number of hydrogen-bond donors (Lipinski definition) is 1. The predicted octanol–water partition coefficient (Wildman–Crippen LogP) is 4.46. The van der Waals surface area contributed by atoms with Gasteiger partial charge in [0.2, 0.25) is 5.91 Å². The third-order valence-electron chi connectivity index (χ3n) is 5.15. The quantitative estimate of drug-likeness (QED) is 0.829. The van der Waals surface area contributed by atoms with Crippen molar-refractivity contribution >= 4 is 23.1 Å².